The molecule has 0 spiro atoms. The normalized spacial score (nSPS) is 17.3. The number of nitrogens with zero attached hydrogens (tertiary/aromatic N) is 2. The molecule has 24 heavy (non-hydrogen) atoms. The summed E-state index contributed by atoms with van der Waals surface area (Å²) in [5.74, 6) is -0.233. The Morgan fingerprint density at radius 1 is 1.17 bits per heavy atom. The SMILES string of the molecule is O=C1NC(=Nc2ccccc2I)S/C1=C/c1ccc([N+](=O)[O-])cc1. The zero-order chi connectivity index (χ0) is 17.1. The Balaban J connectivity index is 1.82. The summed E-state index contributed by atoms with van der Waals surface area (Å²) in [6, 6.07) is 13.6. The lowest BCUT2D eigenvalue weighted by Gasteiger charge is -1.98. The highest BCUT2D eigenvalue weighted by Gasteiger charge is 2.24. The van der Waals surface area contributed by atoms with Crippen molar-refractivity contribution in [3.63, 3.8) is 0 Å². The number of benzene rings is 2. The molecule has 0 unspecified atom stereocenters. The first kappa shape index (κ1) is 16.7. The number of amides is 1. The van der Waals surface area contributed by atoms with Gasteiger partial charge in [0.15, 0.2) is 5.17 Å². The van der Waals surface area contributed by atoms with E-state index in [-0.39, 0.29) is 11.6 Å². The summed E-state index contributed by atoms with van der Waals surface area (Å²) in [6.07, 6.45) is 1.68. The highest BCUT2D eigenvalue weighted by atomic mass is 127. The third-order valence-corrected chi connectivity index (χ3v) is 4.95. The summed E-state index contributed by atoms with van der Waals surface area (Å²) in [4.78, 5) is 27.2. The second-order valence-corrected chi connectivity index (χ2v) is 6.97. The molecule has 0 atom stereocenters. The van der Waals surface area contributed by atoms with Crippen LogP contribution in [0.1, 0.15) is 5.56 Å². The monoisotopic (exact) mass is 451 g/mol. The molecule has 1 aliphatic heterocycles. The molecular formula is C16H10IN3O3S. The maximum atomic E-state index is 12.0. The van der Waals surface area contributed by atoms with Gasteiger partial charge >= 0.3 is 0 Å². The molecule has 1 N–H and O–H groups in total. The summed E-state index contributed by atoms with van der Waals surface area (Å²) < 4.78 is 0.991. The van der Waals surface area contributed by atoms with Crippen molar-refractivity contribution in [2.75, 3.05) is 0 Å². The van der Waals surface area contributed by atoms with Crippen molar-refractivity contribution in [2.45, 2.75) is 0 Å². The van der Waals surface area contributed by atoms with Crippen LogP contribution in [0.3, 0.4) is 0 Å². The van der Waals surface area contributed by atoms with Gasteiger partial charge in [-0.15, -0.1) is 0 Å². The van der Waals surface area contributed by atoms with Crippen molar-refractivity contribution < 1.29 is 9.72 Å². The molecule has 2 aromatic carbocycles. The smallest absolute Gasteiger partial charge is 0.269 e. The maximum Gasteiger partial charge on any atom is 0.269 e. The predicted molar refractivity (Wildman–Crippen MR) is 103 cm³/mol. The van der Waals surface area contributed by atoms with Gasteiger partial charge in [0.25, 0.3) is 11.6 Å². The van der Waals surface area contributed by atoms with Gasteiger partial charge in [-0.05, 0) is 70.3 Å². The minimum atomic E-state index is -0.458. The Morgan fingerprint density at radius 2 is 1.88 bits per heavy atom. The molecule has 2 aromatic rings. The van der Waals surface area contributed by atoms with Crippen LogP contribution < -0.4 is 5.32 Å². The molecule has 0 bridgehead atoms. The van der Waals surface area contributed by atoms with Gasteiger partial charge < -0.3 is 5.32 Å². The van der Waals surface area contributed by atoms with Crippen LogP contribution in [0.25, 0.3) is 6.08 Å². The van der Waals surface area contributed by atoms with Crippen molar-refractivity contribution in [1.82, 2.24) is 5.32 Å². The van der Waals surface area contributed by atoms with Crippen LogP contribution in [0.15, 0.2) is 58.4 Å². The second-order valence-electron chi connectivity index (χ2n) is 4.78. The van der Waals surface area contributed by atoms with Gasteiger partial charge in [0.2, 0.25) is 0 Å². The van der Waals surface area contributed by atoms with Crippen LogP contribution in [0, 0.1) is 13.7 Å². The minimum Gasteiger partial charge on any atom is -0.300 e. The fraction of sp³-hybridized carbons (Fsp3) is 0. The lowest BCUT2D eigenvalue weighted by atomic mass is 10.2. The van der Waals surface area contributed by atoms with E-state index in [0.717, 1.165) is 9.26 Å². The number of hydrogen-bond acceptors (Lipinski definition) is 5. The van der Waals surface area contributed by atoms with Crippen molar-refractivity contribution in [1.29, 1.82) is 0 Å². The van der Waals surface area contributed by atoms with Crippen LogP contribution in [-0.4, -0.2) is 16.0 Å². The Morgan fingerprint density at radius 3 is 2.54 bits per heavy atom. The number of carbonyl (C=O) groups excluding carboxylic acids is 1. The second kappa shape index (κ2) is 7.14. The van der Waals surface area contributed by atoms with E-state index in [0.29, 0.717) is 15.6 Å². The third-order valence-electron chi connectivity index (χ3n) is 3.13. The largest absolute Gasteiger partial charge is 0.300 e. The number of halogens is 1. The first-order chi connectivity index (χ1) is 11.5. The number of para-hydroxylation sites is 1. The highest BCUT2D eigenvalue weighted by Crippen LogP contribution is 2.29. The quantitative estimate of drug-likeness (QED) is 0.330. The number of amidine groups is 1. The van der Waals surface area contributed by atoms with E-state index in [2.05, 4.69) is 32.9 Å². The predicted octanol–water partition coefficient (Wildman–Crippen LogP) is 4.09. The van der Waals surface area contributed by atoms with Gasteiger partial charge in [-0.1, -0.05) is 12.1 Å². The van der Waals surface area contributed by atoms with E-state index in [9.17, 15) is 14.9 Å². The lowest BCUT2D eigenvalue weighted by molar-refractivity contribution is -0.384. The van der Waals surface area contributed by atoms with Crippen LogP contribution in [0.5, 0.6) is 0 Å². The van der Waals surface area contributed by atoms with Gasteiger partial charge in [-0.2, -0.15) is 0 Å². The van der Waals surface area contributed by atoms with Crippen LogP contribution >= 0.6 is 34.4 Å². The molecule has 120 valence electrons. The number of nitrogens with one attached hydrogen (secondary N) is 1. The third kappa shape index (κ3) is 3.82. The molecule has 3 rings (SSSR count). The van der Waals surface area contributed by atoms with Gasteiger partial charge in [-0.25, -0.2) is 4.99 Å². The number of thioether (sulfide) groups is 1. The Kier molecular flexibility index (Phi) is 4.95. The molecular weight excluding hydrogens is 441 g/mol. The van der Waals surface area contributed by atoms with E-state index in [1.165, 1.54) is 23.9 Å². The fourth-order valence-electron chi connectivity index (χ4n) is 1.98. The zero-order valence-electron chi connectivity index (χ0n) is 12.1. The number of carbonyl (C=O) groups is 1. The van der Waals surface area contributed by atoms with E-state index in [4.69, 9.17) is 0 Å². The number of non-ortho nitro benzene ring substituents is 1. The molecule has 1 saturated heterocycles. The Labute approximate surface area is 155 Å². The van der Waals surface area contributed by atoms with Crippen molar-refractivity contribution in [3.05, 3.63) is 72.7 Å². The molecule has 1 aliphatic rings. The summed E-state index contributed by atoms with van der Waals surface area (Å²) in [6.45, 7) is 0. The molecule has 6 nitrogen and oxygen atoms in total. The minimum absolute atomic E-state index is 0.0154. The van der Waals surface area contributed by atoms with Crippen molar-refractivity contribution in [3.8, 4) is 0 Å². The Bertz CT molecular complexity index is 878. The van der Waals surface area contributed by atoms with Crippen LogP contribution in [0.2, 0.25) is 0 Å². The topological polar surface area (TPSA) is 84.6 Å². The molecule has 1 heterocycles. The molecule has 8 heteroatoms. The fourth-order valence-corrected chi connectivity index (χ4v) is 3.32. The first-order valence-electron chi connectivity index (χ1n) is 6.81. The zero-order valence-corrected chi connectivity index (χ0v) is 15.1. The van der Waals surface area contributed by atoms with Gasteiger partial charge in [-0.3, -0.25) is 14.9 Å². The van der Waals surface area contributed by atoms with Crippen LogP contribution in [-0.2, 0) is 4.79 Å². The number of aliphatic imine (C=N–C) groups is 1. The van der Waals surface area contributed by atoms with E-state index in [1.54, 1.807) is 18.2 Å². The molecule has 0 radical (unpaired) electrons. The number of nitro benzene ring substituents is 1. The lowest BCUT2D eigenvalue weighted by Crippen LogP contribution is -2.19. The average Bonchev–Trinajstić information content (AvgIpc) is 2.90. The molecule has 1 amide bonds. The Hall–Kier alpha value is -2.20. The highest BCUT2D eigenvalue weighted by molar-refractivity contribution is 14.1. The van der Waals surface area contributed by atoms with Gasteiger partial charge in [0.05, 0.1) is 15.5 Å². The summed E-state index contributed by atoms with van der Waals surface area (Å²) >= 11 is 3.43. The summed E-state index contributed by atoms with van der Waals surface area (Å²) in [5, 5.41) is 13.9. The van der Waals surface area contributed by atoms with Crippen molar-refractivity contribution in [2.24, 2.45) is 4.99 Å². The summed E-state index contributed by atoms with van der Waals surface area (Å²) in [7, 11) is 0. The standard InChI is InChI=1S/C16H10IN3O3S/c17-12-3-1-2-4-13(12)18-16-19-15(21)14(24-16)9-10-5-7-11(8-6-10)20(22)23/h1-9H,(H,18,19,21)/b14-9+. The number of rotatable bonds is 3. The summed E-state index contributed by atoms with van der Waals surface area (Å²) in [5.41, 5.74) is 1.52. The first-order valence-corrected chi connectivity index (χ1v) is 8.71. The number of hydrogen-bond donors (Lipinski definition) is 1. The van der Waals surface area contributed by atoms with Crippen LogP contribution in [0.4, 0.5) is 11.4 Å². The molecule has 0 saturated carbocycles. The van der Waals surface area contributed by atoms with Crippen molar-refractivity contribution >= 4 is 62.9 Å². The van der Waals surface area contributed by atoms with E-state index < -0.39 is 4.92 Å². The van der Waals surface area contributed by atoms with Gasteiger partial charge in [0.1, 0.15) is 0 Å². The van der Waals surface area contributed by atoms with Gasteiger partial charge in [0, 0.05) is 15.7 Å². The number of nitro groups is 1. The van der Waals surface area contributed by atoms with E-state index >= 15 is 0 Å². The maximum absolute atomic E-state index is 12.0. The van der Waals surface area contributed by atoms with E-state index in [1.807, 2.05) is 24.3 Å². The molecule has 0 aromatic heterocycles. The molecule has 1 fully saturated rings. The average molecular weight is 451 g/mol. The molecule has 0 aliphatic carbocycles.